The fraction of sp³-hybridized carbons (Fsp3) is 0.438. The lowest BCUT2D eigenvalue weighted by molar-refractivity contribution is 0.505. The molecule has 1 heterocycles. The molecule has 1 aromatic heterocycles. The molecule has 0 saturated heterocycles. The van der Waals surface area contributed by atoms with E-state index in [4.69, 9.17) is 11.6 Å². The average Bonchev–Trinajstić information content (AvgIpc) is 2.82. The second-order valence-corrected chi connectivity index (χ2v) is 5.51. The van der Waals surface area contributed by atoms with E-state index >= 15 is 0 Å². The lowest BCUT2D eigenvalue weighted by Crippen LogP contribution is -2.27. The molecule has 21 heavy (non-hydrogen) atoms. The summed E-state index contributed by atoms with van der Waals surface area (Å²) in [6.07, 6.45) is 2.58. The molecule has 5 heteroatoms. The fourth-order valence-electron chi connectivity index (χ4n) is 2.42. The van der Waals surface area contributed by atoms with Crippen molar-refractivity contribution in [3.8, 4) is 0 Å². The first-order valence-electron chi connectivity index (χ1n) is 7.29. The highest BCUT2D eigenvalue weighted by Crippen LogP contribution is 2.30. The molecule has 0 saturated carbocycles. The van der Waals surface area contributed by atoms with E-state index in [2.05, 4.69) is 17.3 Å². The highest BCUT2D eigenvalue weighted by Gasteiger charge is 2.23. The molecule has 3 nitrogen and oxygen atoms in total. The van der Waals surface area contributed by atoms with E-state index in [1.165, 1.54) is 0 Å². The van der Waals surface area contributed by atoms with Crippen molar-refractivity contribution < 1.29 is 4.39 Å². The Kier molecular flexibility index (Phi) is 5.37. The van der Waals surface area contributed by atoms with Gasteiger partial charge in [0.15, 0.2) is 0 Å². The molecule has 0 spiro atoms. The lowest BCUT2D eigenvalue weighted by atomic mass is 10.0. The van der Waals surface area contributed by atoms with Gasteiger partial charge >= 0.3 is 0 Å². The van der Waals surface area contributed by atoms with Crippen LogP contribution in [0.25, 0.3) is 0 Å². The Morgan fingerprint density at radius 2 is 2.14 bits per heavy atom. The van der Waals surface area contributed by atoms with Crippen LogP contribution >= 0.6 is 11.6 Å². The van der Waals surface area contributed by atoms with Crippen molar-refractivity contribution in [3.05, 3.63) is 52.1 Å². The molecule has 0 radical (unpaired) electrons. The van der Waals surface area contributed by atoms with Crippen LogP contribution in [0, 0.1) is 12.7 Å². The zero-order valence-corrected chi connectivity index (χ0v) is 13.4. The zero-order chi connectivity index (χ0) is 15.4. The van der Waals surface area contributed by atoms with Gasteiger partial charge in [0, 0.05) is 12.1 Å². The van der Waals surface area contributed by atoms with Crippen LogP contribution in [-0.2, 0) is 6.54 Å². The quantitative estimate of drug-likeness (QED) is 0.871. The largest absolute Gasteiger partial charge is 0.305 e. The number of aromatic nitrogens is 2. The van der Waals surface area contributed by atoms with Gasteiger partial charge in [-0.3, -0.25) is 4.68 Å². The van der Waals surface area contributed by atoms with Crippen molar-refractivity contribution in [2.75, 3.05) is 6.54 Å². The summed E-state index contributed by atoms with van der Waals surface area (Å²) in [5, 5.41) is 8.20. The Labute approximate surface area is 130 Å². The molecule has 0 fully saturated rings. The van der Waals surface area contributed by atoms with Gasteiger partial charge in [0.2, 0.25) is 0 Å². The Morgan fingerprint density at radius 3 is 2.76 bits per heavy atom. The summed E-state index contributed by atoms with van der Waals surface area (Å²) in [5.74, 6) is -0.219. The summed E-state index contributed by atoms with van der Waals surface area (Å²) >= 11 is 6.29. The summed E-state index contributed by atoms with van der Waals surface area (Å²) in [6, 6.07) is 5.00. The molecule has 2 aromatic rings. The summed E-state index contributed by atoms with van der Waals surface area (Å²) < 4.78 is 16.2. The smallest absolute Gasteiger partial charge is 0.128 e. The first-order valence-corrected chi connectivity index (χ1v) is 7.66. The van der Waals surface area contributed by atoms with Gasteiger partial charge in [-0.15, -0.1) is 0 Å². The maximum atomic E-state index is 14.4. The molecule has 2 rings (SSSR count). The van der Waals surface area contributed by atoms with Crippen LogP contribution in [0.4, 0.5) is 4.39 Å². The molecule has 1 atom stereocenters. The number of nitrogens with zero attached hydrogens (tertiary/aromatic N) is 2. The van der Waals surface area contributed by atoms with E-state index in [9.17, 15) is 4.39 Å². The topological polar surface area (TPSA) is 29.9 Å². The SMILES string of the molecule is CCCNC(c1ccc(C)cc1F)c1c(Cl)cnn1CC. The van der Waals surface area contributed by atoms with E-state index in [0.29, 0.717) is 17.1 Å². The van der Waals surface area contributed by atoms with Crippen molar-refractivity contribution >= 4 is 11.6 Å². The number of aryl methyl sites for hydroxylation is 2. The second kappa shape index (κ2) is 7.05. The minimum atomic E-state index is -0.291. The Balaban J connectivity index is 2.49. The molecule has 0 amide bonds. The van der Waals surface area contributed by atoms with Crippen molar-refractivity contribution in [3.63, 3.8) is 0 Å². The van der Waals surface area contributed by atoms with E-state index in [1.807, 2.05) is 30.7 Å². The second-order valence-electron chi connectivity index (χ2n) is 5.11. The van der Waals surface area contributed by atoms with Crippen LogP contribution < -0.4 is 5.32 Å². The normalized spacial score (nSPS) is 12.6. The maximum Gasteiger partial charge on any atom is 0.128 e. The number of benzene rings is 1. The third-order valence-electron chi connectivity index (χ3n) is 3.47. The molecule has 1 aromatic carbocycles. The van der Waals surface area contributed by atoms with E-state index < -0.39 is 0 Å². The van der Waals surface area contributed by atoms with Crippen LogP contribution in [0.1, 0.15) is 43.1 Å². The third-order valence-corrected chi connectivity index (χ3v) is 3.76. The summed E-state index contributed by atoms with van der Waals surface area (Å²) in [6.45, 7) is 7.43. The van der Waals surface area contributed by atoms with Crippen LogP contribution in [0.5, 0.6) is 0 Å². The van der Waals surface area contributed by atoms with Crippen LogP contribution in [-0.4, -0.2) is 16.3 Å². The predicted octanol–water partition coefficient (Wildman–Crippen LogP) is 4.09. The minimum absolute atomic E-state index is 0.219. The average molecular weight is 310 g/mol. The first-order chi connectivity index (χ1) is 10.1. The molecule has 0 aliphatic carbocycles. The Hall–Kier alpha value is -1.39. The summed E-state index contributed by atoms with van der Waals surface area (Å²) in [7, 11) is 0. The number of hydrogen-bond donors (Lipinski definition) is 1. The molecular formula is C16H21ClFN3. The molecule has 0 aliphatic rings. The highest BCUT2D eigenvalue weighted by molar-refractivity contribution is 6.31. The fourth-order valence-corrected chi connectivity index (χ4v) is 2.67. The van der Waals surface area contributed by atoms with Crippen LogP contribution in [0.3, 0.4) is 0 Å². The van der Waals surface area contributed by atoms with E-state index in [0.717, 1.165) is 24.2 Å². The molecule has 1 N–H and O–H groups in total. The van der Waals surface area contributed by atoms with Gasteiger partial charge in [0.25, 0.3) is 0 Å². The van der Waals surface area contributed by atoms with E-state index in [1.54, 1.807) is 12.3 Å². The van der Waals surface area contributed by atoms with Gasteiger partial charge in [-0.05, 0) is 38.4 Å². The highest BCUT2D eigenvalue weighted by atomic mass is 35.5. The monoisotopic (exact) mass is 309 g/mol. The van der Waals surface area contributed by atoms with Crippen molar-refractivity contribution in [1.82, 2.24) is 15.1 Å². The number of halogens is 2. The number of hydrogen-bond acceptors (Lipinski definition) is 2. The standard InChI is InChI=1S/C16H21ClFN3/c1-4-8-19-15(12-7-6-11(3)9-14(12)18)16-13(17)10-20-21(16)5-2/h6-7,9-10,15,19H,4-5,8H2,1-3H3. The zero-order valence-electron chi connectivity index (χ0n) is 12.7. The summed E-state index contributed by atoms with van der Waals surface area (Å²) in [5.41, 5.74) is 2.32. The first kappa shape index (κ1) is 16.0. The van der Waals surface area contributed by atoms with Gasteiger partial charge in [-0.25, -0.2) is 4.39 Å². The van der Waals surface area contributed by atoms with Gasteiger partial charge in [0.1, 0.15) is 5.82 Å². The van der Waals surface area contributed by atoms with Crippen molar-refractivity contribution in [2.45, 2.75) is 39.8 Å². The number of nitrogens with one attached hydrogen (secondary N) is 1. The van der Waals surface area contributed by atoms with Crippen molar-refractivity contribution in [1.29, 1.82) is 0 Å². The van der Waals surface area contributed by atoms with Gasteiger partial charge in [-0.1, -0.05) is 30.7 Å². The molecular weight excluding hydrogens is 289 g/mol. The van der Waals surface area contributed by atoms with Crippen LogP contribution in [0.2, 0.25) is 5.02 Å². The molecule has 0 aliphatic heterocycles. The van der Waals surface area contributed by atoms with E-state index in [-0.39, 0.29) is 11.9 Å². The summed E-state index contributed by atoms with van der Waals surface area (Å²) in [4.78, 5) is 0. The number of rotatable bonds is 6. The molecule has 114 valence electrons. The van der Waals surface area contributed by atoms with Crippen molar-refractivity contribution in [2.24, 2.45) is 0 Å². The predicted molar refractivity (Wildman–Crippen MR) is 84.2 cm³/mol. The lowest BCUT2D eigenvalue weighted by Gasteiger charge is -2.21. The Bertz CT molecular complexity index is 610. The maximum absolute atomic E-state index is 14.4. The van der Waals surface area contributed by atoms with Crippen LogP contribution in [0.15, 0.2) is 24.4 Å². The Morgan fingerprint density at radius 1 is 1.38 bits per heavy atom. The van der Waals surface area contributed by atoms with Gasteiger partial charge in [-0.2, -0.15) is 5.10 Å². The van der Waals surface area contributed by atoms with Gasteiger partial charge in [0.05, 0.1) is 23.0 Å². The van der Waals surface area contributed by atoms with Gasteiger partial charge < -0.3 is 5.32 Å². The third kappa shape index (κ3) is 3.44. The molecule has 0 bridgehead atoms. The minimum Gasteiger partial charge on any atom is -0.305 e. The molecule has 1 unspecified atom stereocenters.